The van der Waals surface area contributed by atoms with Crippen LogP contribution in [0.4, 0.5) is 5.82 Å². The standard InChI is InChI=1S/C20H19N3O3S/c1-14-7-5-6-10-18(14)23-20(16-12-27(25)13-17(16)22-23)21-19(24)11-26-15-8-3-2-4-9-15/h2-10H,11-13H2,1H3,(H,21,24). The number of nitrogens with one attached hydrogen (secondary N) is 1. The summed E-state index contributed by atoms with van der Waals surface area (Å²) in [6.45, 7) is 1.88. The van der Waals surface area contributed by atoms with Crippen LogP contribution in [0.2, 0.25) is 0 Å². The first-order valence-electron chi connectivity index (χ1n) is 8.61. The van der Waals surface area contributed by atoms with Gasteiger partial charge in [0.25, 0.3) is 5.91 Å². The van der Waals surface area contributed by atoms with Crippen LogP contribution in [0.3, 0.4) is 0 Å². The summed E-state index contributed by atoms with van der Waals surface area (Å²) in [6.07, 6.45) is 0. The molecule has 0 bridgehead atoms. The van der Waals surface area contributed by atoms with E-state index in [9.17, 15) is 9.00 Å². The number of anilines is 1. The number of rotatable bonds is 5. The number of nitrogens with zero attached hydrogens (tertiary/aromatic N) is 2. The fraction of sp³-hybridized carbons (Fsp3) is 0.200. The number of hydrogen-bond donors (Lipinski definition) is 1. The fourth-order valence-electron chi connectivity index (χ4n) is 3.07. The van der Waals surface area contributed by atoms with Crippen molar-refractivity contribution in [2.45, 2.75) is 18.4 Å². The Labute approximate surface area is 159 Å². The van der Waals surface area contributed by atoms with Crippen LogP contribution >= 0.6 is 0 Å². The lowest BCUT2D eigenvalue weighted by Gasteiger charge is -2.13. The van der Waals surface area contributed by atoms with Crippen LogP contribution in [0.25, 0.3) is 5.69 Å². The second kappa shape index (κ2) is 7.36. The van der Waals surface area contributed by atoms with E-state index in [4.69, 9.17) is 4.74 Å². The van der Waals surface area contributed by atoms with Gasteiger partial charge < -0.3 is 10.1 Å². The number of hydrogen-bond acceptors (Lipinski definition) is 4. The average molecular weight is 381 g/mol. The maximum atomic E-state index is 12.5. The van der Waals surface area contributed by atoms with Gasteiger partial charge >= 0.3 is 0 Å². The van der Waals surface area contributed by atoms with Crippen molar-refractivity contribution in [2.24, 2.45) is 0 Å². The normalized spacial score (nSPS) is 15.4. The van der Waals surface area contributed by atoms with Crippen molar-refractivity contribution in [1.82, 2.24) is 9.78 Å². The number of ether oxygens (including phenoxy) is 1. The molecule has 0 spiro atoms. The van der Waals surface area contributed by atoms with Crippen LogP contribution in [0.1, 0.15) is 16.8 Å². The third-order valence-corrected chi connectivity index (χ3v) is 5.59. The van der Waals surface area contributed by atoms with Gasteiger partial charge in [0.15, 0.2) is 6.61 Å². The molecule has 0 saturated heterocycles. The van der Waals surface area contributed by atoms with Crippen LogP contribution in [0, 0.1) is 6.92 Å². The van der Waals surface area contributed by atoms with E-state index < -0.39 is 10.8 Å². The van der Waals surface area contributed by atoms with Crippen molar-refractivity contribution in [3.05, 3.63) is 71.4 Å². The number of para-hydroxylation sites is 2. The highest BCUT2D eigenvalue weighted by molar-refractivity contribution is 7.83. The van der Waals surface area contributed by atoms with Gasteiger partial charge in [-0.15, -0.1) is 0 Å². The lowest BCUT2D eigenvalue weighted by atomic mass is 10.2. The van der Waals surface area contributed by atoms with E-state index in [1.807, 2.05) is 49.4 Å². The highest BCUT2D eigenvalue weighted by Crippen LogP contribution is 2.32. The maximum Gasteiger partial charge on any atom is 0.263 e. The monoisotopic (exact) mass is 381 g/mol. The molecule has 1 aliphatic rings. The predicted octanol–water partition coefficient (Wildman–Crippen LogP) is 2.96. The van der Waals surface area contributed by atoms with Crippen molar-refractivity contribution in [2.75, 3.05) is 11.9 Å². The third-order valence-electron chi connectivity index (χ3n) is 4.38. The predicted molar refractivity (Wildman–Crippen MR) is 104 cm³/mol. The highest BCUT2D eigenvalue weighted by Gasteiger charge is 2.28. The van der Waals surface area contributed by atoms with Crippen molar-refractivity contribution in [3.63, 3.8) is 0 Å². The number of benzene rings is 2. The molecule has 4 rings (SSSR count). The zero-order valence-electron chi connectivity index (χ0n) is 14.8. The van der Waals surface area contributed by atoms with Gasteiger partial charge in [-0.2, -0.15) is 5.10 Å². The Morgan fingerprint density at radius 2 is 1.89 bits per heavy atom. The number of carbonyl (C=O) groups is 1. The minimum atomic E-state index is -0.975. The quantitative estimate of drug-likeness (QED) is 0.737. The SMILES string of the molecule is Cc1ccccc1-n1nc2c(c1NC(=O)COc1ccccc1)CS(=O)C2. The number of fused-ring (bicyclic) bond motifs is 1. The summed E-state index contributed by atoms with van der Waals surface area (Å²) in [6, 6.07) is 17.0. The lowest BCUT2D eigenvalue weighted by molar-refractivity contribution is -0.118. The number of aromatic nitrogens is 2. The van der Waals surface area contributed by atoms with E-state index in [0.29, 0.717) is 23.1 Å². The van der Waals surface area contributed by atoms with E-state index in [1.54, 1.807) is 16.8 Å². The Morgan fingerprint density at radius 3 is 2.67 bits per heavy atom. The molecular weight excluding hydrogens is 362 g/mol. The largest absolute Gasteiger partial charge is 0.484 e. The Morgan fingerprint density at radius 1 is 1.15 bits per heavy atom. The van der Waals surface area contributed by atoms with Gasteiger partial charge in [-0.05, 0) is 30.7 Å². The van der Waals surface area contributed by atoms with Crippen LogP contribution in [-0.2, 0) is 27.1 Å². The van der Waals surface area contributed by atoms with Gasteiger partial charge in [-0.1, -0.05) is 36.4 Å². The van der Waals surface area contributed by atoms with Crippen molar-refractivity contribution < 1.29 is 13.7 Å². The highest BCUT2D eigenvalue weighted by atomic mass is 32.2. The second-order valence-corrected chi connectivity index (χ2v) is 7.81. The molecule has 1 atom stereocenters. The molecule has 1 N–H and O–H groups in total. The first-order chi connectivity index (χ1) is 13.1. The van der Waals surface area contributed by atoms with Gasteiger partial charge in [0.1, 0.15) is 11.6 Å². The molecule has 0 fully saturated rings. The Bertz CT molecular complexity index is 1010. The Balaban J connectivity index is 1.60. The minimum Gasteiger partial charge on any atom is -0.484 e. The summed E-state index contributed by atoms with van der Waals surface area (Å²) in [5.74, 6) is 1.74. The molecule has 2 aromatic carbocycles. The van der Waals surface area contributed by atoms with E-state index in [1.165, 1.54) is 0 Å². The molecule has 1 aliphatic heterocycles. The molecule has 7 heteroatoms. The molecule has 0 saturated carbocycles. The van der Waals surface area contributed by atoms with Gasteiger partial charge in [0, 0.05) is 16.4 Å². The maximum absolute atomic E-state index is 12.5. The molecule has 138 valence electrons. The zero-order valence-corrected chi connectivity index (χ0v) is 15.7. The molecule has 6 nitrogen and oxygen atoms in total. The van der Waals surface area contributed by atoms with E-state index >= 15 is 0 Å². The zero-order chi connectivity index (χ0) is 18.8. The van der Waals surface area contributed by atoms with Crippen LogP contribution < -0.4 is 10.1 Å². The van der Waals surface area contributed by atoms with Crippen molar-refractivity contribution in [1.29, 1.82) is 0 Å². The summed E-state index contributed by atoms with van der Waals surface area (Å²) in [5.41, 5.74) is 3.54. The first kappa shape index (κ1) is 17.5. The molecule has 0 aliphatic carbocycles. The van der Waals surface area contributed by atoms with Gasteiger partial charge in [-0.25, -0.2) is 4.68 Å². The molecule has 2 heterocycles. The topological polar surface area (TPSA) is 73.2 Å². The molecule has 3 aromatic rings. The molecule has 0 radical (unpaired) electrons. The lowest BCUT2D eigenvalue weighted by Crippen LogP contribution is -2.22. The van der Waals surface area contributed by atoms with E-state index in [-0.39, 0.29) is 12.5 Å². The first-order valence-corrected chi connectivity index (χ1v) is 10.1. The van der Waals surface area contributed by atoms with Crippen LogP contribution in [0.15, 0.2) is 54.6 Å². The number of aryl methyl sites for hydroxylation is 1. The number of amides is 1. The smallest absolute Gasteiger partial charge is 0.263 e. The van der Waals surface area contributed by atoms with E-state index in [2.05, 4.69) is 10.4 Å². The molecule has 1 unspecified atom stereocenters. The Kier molecular flexibility index (Phi) is 4.77. The molecule has 1 amide bonds. The number of carbonyl (C=O) groups excluding carboxylic acids is 1. The summed E-state index contributed by atoms with van der Waals surface area (Å²) in [5, 5.41) is 7.52. The van der Waals surface area contributed by atoms with E-state index in [0.717, 1.165) is 22.5 Å². The average Bonchev–Trinajstić information content (AvgIpc) is 3.18. The molecule has 27 heavy (non-hydrogen) atoms. The summed E-state index contributed by atoms with van der Waals surface area (Å²) in [7, 11) is -0.975. The van der Waals surface area contributed by atoms with Crippen molar-refractivity contribution >= 4 is 22.5 Å². The summed E-state index contributed by atoms with van der Waals surface area (Å²) in [4.78, 5) is 12.5. The molecule has 1 aromatic heterocycles. The summed E-state index contributed by atoms with van der Waals surface area (Å²) < 4.78 is 19.2. The Hall–Kier alpha value is -2.93. The second-order valence-electron chi connectivity index (χ2n) is 6.35. The van der Waals surface area contributed by atoms with Crippen LogP contribution in [0.5, 0.6) is 5.75 Å². The van der Waals surface area contributed by atoms with Crippen molar-refractivity contribution in [3.8, 4) is 11.4 Å². The summed E-state index contributed by atoms with van der Waals surface area (Å²) >= 11 is 0. The van der Waals surface area contributed by atoms with Gasteiger partial charge in [0.2, 0.25) is 0 Å². The minimum absolute atomic E-state index is 0.110. The van der Waals surface area contributed by atoms with Gasteiger partial charge in [0.05, 0.1) is 22.9 Å². The third kappa shape index (κ3) is 3.64. The van der Waals surface area contributed by atoms with Gasteiger partial charge in [-0.3, -0.25) is 9.00 Å². The van der Waals surface area contributed by atoms with Crippen LogP contribution in [-0.4, -0.2) is 26.5 Å². The molecular formula is C20H19N3O3S. The fourth-order valence-corrected chi connectivity index (χ4v) is 4.33.